The molecule has 1 heteroatoms. The largest absolute Gasteiger partial charge is 0.456 e. The number of benzene rings is 8. The van der Waals surface area contributed by atoms with Crippen molar-refractivity contribution in [3.63, 3.8) is 0 Å². The lowest BCUT2D eigenvalue weighted by Crippen LogP contribution is -1.91. The molecule has 1 heterocycles. The summed E-state index contributed by atoms with van der Waals surface area (Å²) >= 11 is 0. The van der Waals surface area contributed by atoms with Crippen molar-refractivity contribution < 1.29 is 38.7 Å². The zero-order valence-electron chi connectivity index (χ0n) is 47.4. The quantitative estimate of drug-likeness (QED) is 0.188. The Morgan fingerprint density at radius 1 is 0.386 bits per heavy atom. The molecule has 0 fully saturated rings. The maximum atomic E-state index is 9.80. The van der Waals surface area contributed by atoms with E-state index in [1.165, 1.54) is 6.92 Å². The van der Waals surface area contributed by atoms with E-state index in [9.17, 15) is 16.4 Å². The molecule has 0 saturated heterocycles. The van der Waals surface area contributed by atoms with Crippen LogP contribution in [0.15, 0.2) is 155 Å². The lowest BCUT2D eigenvalue weighted by atomic mass is 9.85. The highest BCUT2D eigenvalue weighted by molar-refractivity contribution is 6.22. The van der Waals surface area contributed by atoms with Gasteiger partial charge in [0, 0.05) is 10.8 Å². The summed E-state index contributed by atoms with van der Waals surface area (Å²) in [5.74, 6) is 0. The van der Waals surface area contributed by atoms with Gasteiger partial charge in [0.05, 0.1) is 34.3 Å². The lowest BCUT2D eigenvalue weighted by Gasteiger charge is -2.18. The van der Waals surface area contributed by atoms with Crippen molar-refractivity contribution in [2.24, 2.45) is 0 Å². The van der Waals surface area contributed by atoms with Gasteiger partial charge in [-0.2, -0.15) is 0 Å². The summed E-state index contributed by atoms with van der Waals surface area (Å²) in [5.41, 5.74) is -5.35. The molecule has 9 aromatic rings. The topological polar surface area (TPSA) is 13.1 Å². The summed E-state index contributed by atoms with van der Waals surface area (Å²) in [6.45, 7) is 1.27. The van der Waals surface area contributed by atoms with Gasteiger partial charge in [-0.1, -0.05) is 132 Å². The van der Waals surface area contributed by atoms with Crippen LogP contribution in [0, 0.1) is 6.92 Å². The molecule has 0 spiro atoms. The van der Waals surface area contributed by atoms with E-state index < -0.39 is 239 Å². The third-order valence-corrected chi connectivity index (χ3v) is 7.14. The smallest absolute Gasteiger partial charge is 0.136 e. The molecule has 0 bridgehead atoms. The minimum absolute atomic E-state index is 0.220. The van der Waals surface area contributed by atoms with Crippen molar-refractivity contribution in [2.75, 3.05) is 0 Å². The van der Waals surface area contributed by atoms with Crippen LogP contribution in [0.5, 0.6) is 0 Å². The van der Waals surface area contributed by atoms with Crippen LogP contribution in [0.2, 0.25) is 0 Å². The van der Waals surface area contributed by atoms with Crippen LogP contribution in [0.1, 0.15) is 39.8 Å². The predicted octanol–water partition coefficient (Wildman–Crippen LogP) is 12.4. The van der Waals surface area contributed by atoms with Crippen molar-refractivity contribution >= 4 is 54.3 Å². The molecule has 1 aromatic heterocycles. The van der Waals surface area contributed by atoms with Crippen LogP contribution in [0.3, 0.4) is 0 Å². The molecule has 0 saturated carbocycles. The predicted molar refractivity (Wildman–Crippen MR) is 187 cm³/mol. The number of hydrogen-bond acceptors (Lipinski definition) is 1. The lowest BCUT2D eigenvalue weighted by molar-refractivity contribution is 0.669. The van der Waals surface area contributed by atoms with E-state index in [4.69, 9.17) is 22.2 Å². The van der Waals surface area contributed by atoms with Crippen molar-refractivity contribution in [2.45, 2.75) is 6.92 Å². The molecule has 0 atom stereocenters. The summed E-state index contributed by atoms with van der Waals surface area (Å²) in [7, 11) is 0. The van der Waals surface area contributed by atoms with Crippen LogP contribution < -0.4 is 0 Å². The van der Waals surface area contributed by atoms with Crippen LogP contribution in [-0.4, -0.2) is 0 Å². The minimum atomic E-state index is -1.000. The first-order chi connectivity index (χ1) is 32.2. The number of hydrogen-bond donors (Lipinski definition) is 0. The second-order valence-corrected chi connectivity index (χ2v) is 9.76. The molecule has 0 amide bonds. The Labute approximate surface area is 290 Å². The zero-order chi connectivity index (χ0) is 51.0. The highest BCUT2D eigenvalue weighted by atomic mass is 16.3. The fraction of sp³-hybridized carbons (Fsp3) is 0.0233. The van der Waals surface area contributed by atoms with Gasteiger partial charge in [-0.25, -0.2) is 0 Å². The molecule has 44 heavy (non-hydrogen) atoms. The van der Waals surface area contributed by atoms with E-state index in [-0.39, 0.29) is 5.56 Å². The molecule has 0 N–H and O–H groups in total. The molecule has 1 nitrogen and oxygen atoms in total. The summed E-state index contributed by atoms with van der Waals surface area (Å²) in [6.07, 6.45) is 0. The van der Waals surface area contributed by atoms with Crippen molar-refractivity contribution in [1.29, 1.82) is 0 Å². The number of furan rings is 1. The second kappa shape index (κ2) is 9.69. The molecule has 206 valence electrons. The summed E-state index contributed by atoms with van der Waals surface area (Å²) < 4.78 is 229. The van der Waals surface area contributed by atoms with Crippen LogP contribution in [0.4, 0.5) is 0 Å². The Balaban J connectivity index is 1.56. The maximum Gasteiger partial charge on any atom is 0.136 e. The monoisotopic (exact) mass is 585 g/mol. The average Bonchev–Trinajstić information content (AvgIpc) is 3.74. The summed E-state index contributed by atoms with van der Waals surface area (Å²) in [6, 6.07) is -20.6. The van der Waals surface area contributed by atoms with E-state index in [2.05, 4.69) is 0 Å². The fourth-order valence-corrected chi connectivity index (χ4v) is 5.23. The van der Waals surface area contributed by atoms with Gasteiger partial charge in [-0.15, -0.1) is 0 Å². The molecule has 8 aromatic carbocycles. The third kappa shape index (κ3) is 3.87. The van der Waals surface area contributed by atoms with E-state index in [1.54, 1.807) is 0 Å². The van der Waals surface area contributed by atoms with E-state index >= 15 is 0 Å². The van der Waals surface area contributed by atoms with Crippen LogP contribution in [0.25, 0.3) is 87.6 Å². The standard InChI is InChI=1S/C43H28O/c1-27-15-21-36-39(23-27)43(33-20-22-40-37(25-33)38-24-31-11-5-6-12-32(31)26-41(38)44-40)35-14-8-7-13-34(35)42(36)30-18-16-29(17-19-30)28-9-3-2-4-10-28/h2-26H,1H3/i2D,3D,4D,5D,6D,7D,8D,9D,10D,11D,12D,13D,14D,15D,16D,17D,18D,19D,20D,21D,22D,23D,24D,25D,26D. The Morgan fingerprint density at radius 3 is 1.73 bits per heavy atom. The van der Waals surface area contributed by atoms with E-state index in [0.29, 0.717) is 0 Å². The van der Waals surface area contributed by atoms with Crippen molar-refractivity contribution in [3.05, 3.63) is 157 Å². The molecular formula is C43H28O. The molecule has 0 aliphatic carbocycles. The summed E-state index contributed by atoms with van der Waals surface area (Å²) in [4.78, 5) is 0. The van der Waals surface area contributed by atoms with Gasteiger partial charge in [0.2, 0.25) is 0 Å². The van der Waals surface area contributed by atoms with Crippen molar-refractivity contribution in [1.82, 2.24) is 0 Å². The van der Waals surface area contributed by atoms with Gasteiger partial charge in [0.1, 0.15) is 11.2 Å². The normalized spacial score (nSPS) is 19.7. The average molecular weight is 586 g/mol. The Bertz CT molecular complexity index is 3830. The van der Waals surface area contributed by atoms with Gasteiger partial charge in [-0.05, 0) is 96.8 Å². The highest BCUT2D eigenvalue weighted by Crippen LogP contribution is 2.45. The van der Waals surface area contributed by atoms with Gasteiger partial charge < -0.3 is 4.42 Å². The number of fused-ring (bicyclic) bond motifs is 6. The zero-order valence-corrected chi connectivity index (χ0v) is 22.4. The second-order valence-electron chi connectivity index (χ2n) is 9.76. The first-order valence-corrected chi connectivity index (χ1v) is 13.2. The van der Waals surface area contributed by atoms with Gasteiger partial charge in [0.25, 0.3) is 0 Å². The molecular weight excluding hydrogens is 532 g/mol. The molecule has 9 rings (SSSR count). The molecule has 0 aliphatic rings. The maximum absolute atomic E-state index is 9.80. The van der Waals surface area contributed by atoms with Gasteiger partial charge in [-0.3, -0.25) is 0 Å². The van der Waals surface area contributed by atoms with E-state index in [1.807, 2.05) is 0 Å². The third-order valence-electron chi connectivity index (χ3n) is 7.14. The molecule has 0 radical (unpaired) electrons. The first kappa shape index (κ1) is 10.5. The Hall–Kier alpha value is -5.66. The summed E-state index contributed by atoms with van der Waals surface area (Å²) in [5, 5.41) is -4.11. The first-order valence-electron chi connectivity index (χ1n) is 25.7. The van der Waals surface area contributed by atoms with Gasteiger partial charge in [0.15, 0.2) is 0 Å². The van der Waals surface area contributed by atoms with Crippen LogP contribution >= 0.6 is 0 Å². The fourth-order valence-electron chi connectivity index (χ4n) is 5.23. The molecule has 0 aliphatic heterocycles. The van der Waals surface area contributed by atoms with Crippen LogP contribution in [-0.2, 0) is 0 Å². The Morgan fingerprint density at radius 2 is 0.955 bits per heavy atom. The minimum Gasteiger partial charge on any atom is -0.456 e. The highest BCUT2D eigenvalue weighted by Gasteiger charge is 2.18. The van der Waals surface area contributed by atoms with Crippen molar-refractivity contribution in [3.8, 4) is 33.4 Å². The SMILES string of the molecule is [2H]c1c([2H])c([2H])c(-c2c([2H])c([2H])c(-c3c4c([2H])c([2H])c([2H])c([2H])c4c(-c4c([2H])c([2H])c5oc6c([2H])c7c([2H])c([2H])c([2H])c([2H])c7c([2H])c6c5c4[2H])c4c([2H])c(C)c([2H])c([2H])c34)c([2H])c2[2H])c([2H])c1[2H]. The number of rotatable bonds is 3. The van der Waals surface area contributed by atoms with Gasteiger partial charge >= 0.3 is 0 Å². The Kier molecular flexibility index (Phi) is 2.31. The van der Waals surface area contributed by atoms with E-state index in [0.717, 1.165) is 0 Å². The molecule has 0 unspecified atom stereocenters.